The largest absolute Gasteiger partial charge is 0.394 e. The molecule has 9 N–H and O–H groups in total. The number of rotatable bonds is 67. The van der Waals surface area contributed by atoms with Crippen LogP contribution in [0.25, 0.3) is 0 Å². The Kier molecular flexibility index (Phi) is 62.3. The molecule has 2 heterocycles. The number of hydrogen-bond acceptors (Lipinski definition) is 13. The zero-order valence-electron chi connectivity index (χ0n) is 62.3. The molecular formula is C84H149NO13. The van der Waals surface area contributed by atoms with Gasteiger partial charge in [-0.3, -0.25) is 4.79 Å². The smallest absolute Gasteiger partial charge is 0.220 e. The quantitative estimate of drug-likeness (QED) is 0.0204. The van der Waals surface area contributed by atoms with Crippen molar-refractivity contribution in [1.29, 1.82) is 0 Å². The normalized spacial score (nSPS) is 22.6. The van der Waals surface area contributed by atoms with Crippen LogP contribution in [0.3, 0.4) is 0 Å². The molecule has 12 unspecified atom stereocenters. The highest BCUT2D eigenvalue weighted by Gasteiger charge is 2.51. The second-order valence-electron chi connectivity index (χ2n) is 28.2. The van der Waals surface area contributed by atoms with Gasteiger partial charge in [0.25, 0.3) is 0 Å². The first kappa shape index (κ1) is 91.0. The van der Waals surface area contributed by atoms with E-state index in [2.05, 4.69) is 116 Å². The van der Waals surface area contributed by atoms with Gasteiger partial charge >= 0.3 is 0 Å². The molecule has 2 rings (SSSR count). The lowest BCUT2D eigenvalue weighted by atomic mass is 9.97. The second kappa shape index (κ2) is 67.1. The maximum absolute atomic E-state index is 13.4. The van der Waals surface area contributed by atoms with E-state index < -0.39 is 86.8 Å². The number of unbranched alkanes of at least 4 members (excludes halogenated alkanes) is 38. The molecule has 568 valence electrons. The third-order valence-electron chi connectivity index (χ3n) is 19.3. The molecule has 2 aliphatic heterocycles. The first-order valence-electron chi connectivity index (χ1n) is 40.5. The summed E-state index contributed by atoms with van der Waals surface area (Å²) in [7, 11) is 0. The Balaban J connectivity index is 1.61. The summed E-state index contributed by atoms with van der Waals surface area (Å²) in [5.41, 5.74) is 0. The summed E-state index contributed by atoms with van der Waals surface area (Å²) < 4.78 is 23.0. The Hall–Kier alpha value is -3.09. The minimum atomic E-state index is -1.79. The Morgan fingerprint density at radius 3 is 1.08 bits per heavy atom. The van der Waals surface area contributed by atoms with E-state index in [1.165, 1.54) is 199 Å². The van der Waals surface area contributed by atoms with Gasteiger partial charge in [-0.25, -0.2) is 0 Å². The van der Waals surface area contributed by atoms with Gasteiger partial charge in [-0.1, -0.05) is 349 Å². The average Bonchev–Trinajstić information content (AvgIpc) is 0.793. The molecule has 2 aliphatic rings. The van der Waals surface area contributed by atoms with Gasteiger partial charge < -0.3 is 65.1 Å². The van der Waals surface area contributed by atoms with E-state index in [9.17, 15) is 45.6 Å². The predicted octanol–water partition coefficient (Wildman–Crippen LogP) is 18.5. The number of allylic oxidation sites excluding steroid dienone is 16. The maximum Gasteiger partial charge on any atom is 0.220 e. The number of carbonyl (C=O) groups excluding carboxylic acids is 1. The molecule has 14 heteroatoms. The fourth-order valence-corrected chi connectivity index (χ4v) is 13.0. The van der Waals surface area contributed by atoms with Crippen molar-refractivity contribution in [1.82, 2.24) is 5.32 Å². The molecule has 0 aliphatic carbocycles. The zero-order valence-corrected chi connectivity index (χ0v) is 62.3. The van der Waals surface area contributed by atoms with E-state index in [0.29, 0.717) is 12.8 Å². The van der Waals surface area contributed by atoms with E-state index in [4.69, 9.17) is 18.9 Å². The second-order valence-corrected chi connectivity index (χ2v) is 28.2. The number of ether oxygens (including phenoxy) is 4. The number of hydrogen-bond donors (Lipinski definition) is 9. The molecule has 0 aromatic heterocycles. The molecule has 0 aromatic carbocycles. The lowest BCUT2D eigenvalue weighted by molar-refractivity contribution is -0.359. The zero-order chi connectivity index (χ0) is 70.8. The van der Waals surface area contributed by atoms with Gasteiger partial charge in [0.2, 0.25) is 5.91 Å². The van der Waals surface area contributed by atoms with Crippen molar-refractivity contribution in [3.63, 3.8) is 0 Å². The van der Waals surface area contributed by atoms with Crippen molar-refractivity contribution in [2.75, 3.05) is 19.8 Å². The fourth-order valence-electron chi connectivity index (χ4n) is 13.0. The first-order chi connectivity index (χ1) is 48.1. The summed E-state index contributed by atoms with van der Waals surface area (Å²) in [6.07, 6.45) is 78.6. The third kappa shape index (κ3) is 49.5. The van der Waals surface area contributed by atoms with E-state index in [1.54, 1.807) is 0 Å². The summed E-state index contributed by atoms with van der Waals surface area (Å²) in [6, 6.07) is -0.837. The van der Waals surface area contributed by atoms with Crippen LogP contribution in [0.1, 0.15) is 335 Å². The highest BCUT2D eigenvalue weighted by Crippen LogP contribution is 2.30. The molecule has 0 aromatic rings. The van der Waals surface area contributed by atoms with Crippen molar-refractivity contribution in [3.05, 3.63) is 97.2 Å². The van der Waals surface area contributed by atoms with Gasteiger partial charge in [-0.2, -0.15) is 0 Å². The average molecular weight is 1380 g/mol. The molecule has 12 atom stereocenters. The highest BCUT2D eigenvalue weighted by atomic mass is 16.7. The molecule has 0 bridgehead atoms. The molecular weight excluding hydrogens is 1230 g/mol. The van der Waals surface area contributed by atoms with Crippen LogP contribution < -0.4 is 5.32 Å². The lowest BCUT2D eigenvalue weighted by Crippen LogP contribution is -2.65. The predicted molar refractivity (Wildman–Crippen MR) is 406 cm³/mol. The molecule has 0 saturated carbocycles. The number of aliphatic hydroxyl groups is 8. The maximum atomic E-state index is 13.4. The van der Waals surface area contributed by atoms with Crippen LogP contribution in [-0.2, 0) is 23.7 Å². The molecule has 2 fully saturated rings. The van der Waals surface area contributed by atoms with E-state index in [0.717, 1.165) is 109 Å². The summed E-state index contributed by atoms with van der Waals surface area (Å²) in [5.74, 6) is -0.208. The van der Waals surface area contributed by atoms with Crippen molar-refractivity contribution in [2.45, 2.75) is 408 Å². The molecule has 0 radical (unpaired) electrons. The summed E-state index contributed by atoms with van der Waals surface area (Å²) in [4.78, 5) is 13.4. The van der Waals surface area contributed by atoms with Gasteiger partial charge in [0, 0.05) is 6.42 Å². The Labute approximate surface area is 598 Å². The molecule has 1 amide bonds. The minimum absolute atomic E-state index is 0.208. The van der Waals surface area contributed by atoms with E-state index in [1.807, 2.05) is 0 Å². The first-order valence-corrected chi connectivity index (χ1v) is 40.5. The third-order valence-corrected chi connectivity index (χ3v) is 19.3. The molecule has 0 spiro atoms. The van der Waals surface area contributed by atoms with Crippen LogP contribution in [0.4, 0.5) is 0 Å². The summed E-state index contributed by atoms with van der Waals surface area (Å²) in [6.45, 7) is 2.79. The molecule has 98 heavy (non-hydrogen) atoms. The Bertz CT molecular complexity index is 2020. The molecule has 14 nitrogen and oxygen atoms in total. The van der Waals surface area contributed by atoms with Crippen LogP contribution in [0, 0.1) is 0 Å². The standard InChI is InChI=1S/C84H149NO13/c1-3-5-7-9-11-13-15-17-19-21-23-25-27-29-31-32-33-34-35-36-37-38-39-40-42-44-46-48-50-52-54-56-58-60-62-64-66-68-76(89)85-72(71-95-83-81(94)79(92)82(75(70-87)97-83)98-84-80(93)78(91)77(90)74(69-86)96-84)73(88)67-65-63-61-59-57-55-53-51-49-47-45-43-41-30-28-26-24-22-20-18-16-14-12-10-8-6-4-2/h5,7,11,13,17,19,23,25,29,31,33-34,36-37,39-40,72-75,77-84,86-88,90-94H,3-4,6,8-10,12,14-16,18,20-22,24,26-28,30,32,35,38,41-71H2,1-2H3,(H,85,89)/b7-5-,13-11-,19-17-,25-23-,31-29-,34-33-,37-36-,40-39-. The Morgan fingerprint density at radius 1 is 0.378 bits per heavy atom. The van der Waals surface area contributed by atoms with Crippen LogP contribution >= 0.6 is 0 Å². The monoisotopic (exact) mass is 1380 g/mol. The van der Waals surface area contributed by atoms with Crippen LogP contribution in [0.5, 0.6) is 0 Å². The highest BCUT2D eigenvalue weighted by molar-refractivity contribution is 5.76. The van der Waals surface area contributed by atoms with Gasteiger partial charge in [0.1, 0.15) is 48.8 Å². The number of nitrogens with one attached hydrogen (secondary N) is 1. The minimum Gasteiger partial charge on any atom is -0.394 e. The fraction of sp³-hybridized carbons (Fsp3) is 0.798. The van der Waals surface area contributed by atoms with E-state index in [-0.39, 0.29) is 12.5 Å². The van der Waals surface area contributed by atoms with Gasteiger partial charge in [0.15, 0.2) is 12.6 Å². The number of aliphatic hydroxyl groups excluding tert-OH is 8. The SMILES string of the molecule is CC/C=C\C/C=C\C/C=C\C/C=C\C/C=C\C/C=C\C/C=C\C/C=C\CCCCCCCCCCCCCCC(=O)NC(COC1OC(CO)C(OC2OC(CO)C(O)C(O)C2O)C(O)C1O)C(O)CCCCCCCCCCCCCCCCCCCCCCCCCCCCC. The van der Waals surface area contributed by atoms with Gasteiger partial charge in [0.05, 0.1) is 32.0 Å². The van der Waals surface area contributed by atoms with Crippen LogP contribution in [0.15, 0.2) is 97.2 Å². The Morgan fingerprint density at radius 2 is 0.704 bits per heavy atom. The summed E-state index contributed by atoms with van der Waals surface area (Å²) >= 11 is 0. The van der Waals surface area contributed by atoms with Crippen molar-refractivity contribution in [2.24, 2.45) is 0 Å². The topological polar surface area (TPSA) is 228 Å². The number of carbonyl (C=O) groups is 1. The van der Waals surface area contributed by atoms with Gasteiger partial charge in [-0.15, -0.1) is 0 Å². The van der Waals surface area contributed by atoms with Crippen molar-refractivity contribution >= 4 is 5.91 Å². The van der Waals surface area contributed by atoms with Crippen molar-refractivity contribution < 1.29 is 64.6 Å². The van der Waals surface area contributed by atoms with Gasteiger partial charge in [-0.05, 0) is 77.0 Å². The van der Waals surface area contributed by atoms with Crippen LogP contribution in [0.2, 0.25) is 0 Å². The molecule has 2 saturated heterocycles. The summed E-state index contributed by atoms with van der Waals surface area (Å²) in [5, 5.41) is 87.9. The van der Waals surface area contributed by atoms with Crippen LogP contribution in [-0.4, -0.2) is 140 Å². The van der Waals surface area contributed by atoms with E-state index >= 15 is 0 Å². The number of amides is 1. The van der Waals surface area contributed by atoms with Crippen molar-refractivity contribution in [3.8, 4) is 0 Å². The lowest BCUT2D eigenvalue weighted by Gasteiger charge is -2.46.